The highest BCUT2D eigenvalue weighted by Crippen LogP contribution is 2.16. The highest BCUT2D eigenvalue weighted by atomic mass is 16.5. The fourth-order valence-corrected chi connectivity index (χ4v) is 1.50. The third kappa shape index (κ3) is 4.95. The van der Waals surface area contributed by atoms with Gasteiger partial charge in [0, 0.05) is 18.3 Å². The van der Waals surface area contributed by atoms with E-state index in [4.69, 9.17) is 9.84 Å². The van der Waals surface area contributed by atoms with Crippen molar-refractivity contribution in [3.05, 3.63) is 24.4 Å². The summed E-state index contributed by atoms with van der Waals surface area (Å²) in [5, 5.41) is 8.89. The summed E-state index contributed by atoms with van der Waals surface area (Å²) in [5.74, 6) is -0.173. The van der Waals surface area contributed by atoms with Gasteiger partial charge in [-0.25, -0.2) is 4.98 Å². The van der Waals surface area contributed by atoms with Gasteiger partial charge in [-0.05, 0) is 20.8 Å². The Hall–Kier alpha value is -2.11. The van der Waals surface area contributed by atoms with E-state index in [0.717, 1.165) is 5.69 Å². The molecule has 0 spiro atoms. The summed E-state index contributed by atoms with van der Waals surface area (Å²) in [6.45, 7) is 9.39. The molecule has 1 aromatic rings. The zero-order valence-corrected chi connectivity index (χ0v) is 11.5. The number of carboxylic acid groups (broad SMARTS) is 1. The molecular formula is C13H19N3O3. The zero-order chi connectivity index (χ0) is 14.4. The van der Waals surface area contributed by atoms with Gasteiger partial charge in [0.1, 0.15) is 6.54 Å². The van der Waals surface area contributed by atoms with E-state index in [1.165, 1.54) is 4.90 Å². The van der Waals surface area contributed by atoms with E-state index in [1.54, 1.807) is 12.1 Å². The van der Waals surface area contributed by atoms with Gasteiger partial charge in [0.05, 0.1) is 6.10 Å². The molecule has 0 aliphatic heterocycles. The molecule has 1 N–H and O–H groups in total. The molecule has 0 bridgehead atoms. The molecule has 0 aliphatic carbocycles. The molecule has 0 aliphatic rings. The lowest BCUT2D eigenvalue weighted by atomic mass is 10.4. The molecular weight excluding hydrogens is 246 g/mol. The Morgan fingerprint density at radius 2 is 2.26 bits per heavy atom. The van der Waals surface area contributed by atoms with Crippen LogP contribution in [0.5, 0.6) is 5.88 Å². The minimum absolute atomic E-state index is 0.00511. The van der Waals surface area contributed by atoms with E-state index in [2.05, 4.69) is 16.5 Å². The van der Waals surface area contributed by atoms with Crippen LogP contribution in [0, 0.1) is 6.92 Å². The van der Waals surface area contributed by atoms with Crippen LogP contribution >= 0.6 is 0 Å². The summed E-state index contributed by atoms with van der Waals surface area (Å²) in [7, 11) is 0. The maximum Gasteiger partial charge on any atom is 0.323 e. The van der Waals surface area contributed by atoms with Crippen LogP contribution < -0.4 is 9.64 Å². The van der Waals surface area contributed by atoms with Crippen molar-refractivity contribution in [3.63, 3.8) is 0 Å². The lowest BCUT2D eigenvalue weighted by molar-refractivity contribution is -0.135. The Morgan fingerprint density at radius 3 is 2.79 bits per heavy atom. The molecule has 1 heterocycles. The Kier molecular flexibility index (Phi) is 5.29. The predicted octanol–water partition coefficient (Wildman–Crippen LogP) is 1.65. The molecule has 0 saturated carbocycles. The van der Waals surface area contributed by atoms with E-state index >= 15 is 0 Å². The second kappa shape index (κ2) is 6.72. The molecule has 0 amide bonds. The fourth-order valence-electron chi connectivity index (χ4n) is 1.50. The summed E-state index contributed by atoms with van der Waals surface area (Å²) in [5.41, 5.74) is 0.722. The van der Waals surface area contributed by atoms with Crippen LogP contribution in [0.25, 0.3) is 0 Å². The second-order valence-corrected chi connectivity index (χ2v) is 4.38. The van der Waals surface area contributed by atoms with Gasteiger partial charge in [0.15, 0.2) is 0 Å². The maximum absolute atomic E-state index is 10.8. The van der Waals surface area contributed by atoms with Crippen LogP contribution in [-0.2, 0) is 4.79 Å². The third-order valence-electron chi connectivity index (χ3n) is 2.13. The highest BCUT2D eigenvalue weighted by Gasteiger charge is 2.14. The number of hydrogen-bond acceptors (Lipinski definition) is 5. The Labute approximate surface area is 112 Å². The van der Waals surface area contributed by atoms with Gasteiger partial charge >= 0.3 is 5.97 Å². The largest absolute Gasteiger partial charge is 0.480 e. The van der Waals surface area contributed by atoms with Crippen LogP contribution in [0.3, 0.4) is 0 Å². The summed E-state index contributed by atoms with van der Waals surface area (Å²) >= 11 is 0. The molecule has 1 rings (SSSR count). The van der Waals surface area contributed by atoms with Gasteiger partial charge in [-0.1, -0.05) is 6.08 Å². The van der Waals surface area contributed by atoms with Crippen molar-refractivity contribution in [2.24, 2.45) is 0 Å². The van der Waals surface area contributed by atoms with Crippen LogP contribution in [0.2, 0.25) is 0 Å². The normalized spacial score (nSPS) is 10.3. The lowest BCUT2D eigenvalue weighted by Gasteiger charge is -2.20. The first-order valence-corrected chi connectivity index (χ1v) is 6.02. The van der Waals surface area contributed by atoms with Crippen molar-refractivity contribution in [2.45, 2.75) is 26.9 Å². The molecule has 6 nitrogen and oxygen atoms in total. The van der Waals surface area contributed by atoms with E-state index in [0.29, 0.717) is 18.4 Å². The number of carbonyl (C=O) groups is 1. The first kappa shape index (κ1) is 14.9. The summed E-state index contributed by atoms with van der Waals surface area (Å²) in [4.78, 5) is 20.8. The molecule has 0 aromatic carbocycles. The quantitative estimate of drug-likeness (QED) is 0.755. The van der Waals surface area contributed by atoms with E-state index < -0.39 is 5.97 Å². The van der Waals surface area contributed by atoms with Crippen molar-refractivity contribution < 1.29 is 14.6 Å². The Bertz CT molecular complexity index is 460. The number of rotatable bonds is 7. The lowest BCUT2D eigenvalue weighted by Crippen LogP contribution is -2.31. The van der Waals surface area contributed by atoms with Gasteiger partial charge < -0.3 is 14.7 Å². The van der Waals surface area contributed by atoms with Crippen LogP contribution in [0.4, 0.5) is 5.95 Å². The predicted molar refractivity (Wildman–Crippen MR) is 72.6 cm³/mol. The first-order valence-electron chi connectivity index (χ1n) is 6.02. The smallest absolute Gasteiger partial charge is 0.323 e. The molecule has 0 atom stereocenters. The number of aliphatic carboxylic acids is 1. The Morgan fingerprint density at radius 1 is 1.58 bits per heavy atom. The van der Waals surface area contributed by atoms with E-state index in [9.17, 15) is 4.79 Å². The van der Waals surface area contributed by atoms with Crippen molar-refractivity contribution in [3.8, 4) is 5.88 Å². The van der Waals surface area contributed by atoms with E-state index in [1.807, 2.05) is 20.8 Å². The van der Waals surface area contributed by atoms with Gasteiger partial charge in [0.2, 0.25) is 11.8 Å². The van der Waals surface area contributed by atoms with Gasteiger partial charge in [-0.2, -0.15) is 4.98 Å². The molecule has 6 heteroatoms. The molecule has 0 saturated heterocycles. The highest BCUT2D eigenvalue weighted by molar-refractivity contribution is 5.72. The molecule has 104 valence electrons. The Balaban J connectivity index is 3.03. The number of carboxylic acids is 1. The average molecular weight is 265 g/mol. The fraction of sp³-hybridized carbons (Fsp3) is 0.462. The summed E-state index contributed by atoms with van der Waals surface area (Å²) < 4.78 is 5.52. The minimum Gasteiger partial charge on any atom is -0.480 e. The van der Waals surface area contributed by atoms with Gasteiger partial charge in [0.25, 0.3) is 0 Å². The molecule has 0 unspecified atom stereocenters. The van der Waals surface area contributed by atoms with Crippen molar-refractivity contribution in [2.75, 3.05) is 18.0 Å². The topological polar surface area (TPSA) is 75.6 Å². The van der Waals surface area contributed by atoms with Crippen LogP contribution in [0.15, 0.2) is 18.7 Å². The number of ether oxygens (including phenoxy) is 1. The number of hydrogen-bond donors (Lipinski definition) is 1. The van der Waals surface area contributed by atoms with Crippen LogP contribution in [-0.4, -0.2) is 40.2 Å². The number of aromatic nitrogens is 2. The first-order chi connectivity index (χ1) is 8.92. The minimum atomic E-state index is -0.946. The third-order valence-corrected chi connectivity index (χ3v) is 2.13. The number of nitrogens with zero attached hydrogens (tertiary/aromatic N) is 3. The number of anilines is 1. The molecule has 19 heavy (non-hydrogen) atoms. The van der Waals surface area contributed by atoms with E-state index in [-0.39, 0.29) is 12.6 Å². The summed E-state index contributed by atoms with van der Waals surface area (Å²) in [6.07, 6.45) is 1.60. The van der Waals surface area contributed by atoms with Gasteiger partial charge in [-0.15, -0.1) is 6.58 Å². The summed E-state index contributed by atoms with van der Waals surface area (Å²) in [6, 6.07) is 1.72. The maximum atomic E-state index is 10.8. The zero-order valence-electron chi connectivity index (χ0n) is 11.5. The molecule has 1 aromatic heterocycles. The molecule has 0 radical (unpaired) electrons. The van der Waals surface area contributed by atoms with Gasteiger partial charge in [-0.3, -0.25) is 4.79 Å². The average Bonchev–Trinajstić information content (AvgIpc) is 2.26. The SMILES string of the molecule is C=CCN(CC(=O)O)c1nc(C)cc(OC(C)C)n1. The second-order valence-electron chi connectivity index (χ2n) is 4.38. The molecule has 0 fully saturated rings. The van der Waals surface area contributed by atoms with Crippen molar-refractivity contribution in [1.29, 1.82) is 0 Å². The number of aryl methyl sites for hydroxylation is 1. The van der Waals surface area contributed by atoms with Crippen LogP contribution in [0.1, 0.15) is 19.5 Å². The standard InChI is InChI=1S/C13H19N3O3/c1-5-6-16(8-12(17)18)13-14-10(4)7-11(15-13)19-9(2)3/h5,7,9H,1,6,8H2,2-4H3,(H,17,18). The van der Waals surface area contributed by atoms with Crippen molar-refractivity contribution in [1.82, 2.24) is 9.97 Å². The monoisotopic (exact) mass is 265 g/mol. The van der Waals surface area contributed by atoms with Crippen molar-refractivity contribution >= 4 is 11.9 Å².